The number of amides is 2. The lowest BCUT2D eigenvalue weighted by molar-refractivity contribution is 0.0992. The van der Waals surface area contributed by atoms with Crippen LogP contribution in [0.25, 0.3) is 0 Å². The average Bonchev–Trinajstić information content (AvgIpc) is 2.46. The highest BCUT2D eigenvalue weighted by molar-refractivity contribution is 5.94. The zero-order valence-electron chi connectivity index (χ0n) is 11.1. The van der Waals surface area contributed by atoms with Crippen molar-refractivity contribution in [2.75, 3.05) is 5.32 Å². The minimum Gasteiger partial charge on any atom is -0.379 e. The molecule has 0 unspecified atom stereocenters. The smallest absolute Gasteiger partial charge is 0.248 e. The fourth-order valence-electron chi connectivity index (χ4n) is 1.80. The summed E-state index contributed by atoms with van der Waals surface area (Å²) in [6.45, 7) is 0.332. The first-order chi connectivity index (χ1) is 9.97. The molecule has 2 aromatic rings. The highest BCUT2D eigenvalue weighted by atomic mass is 19.1. The molecule has 0 bridgehead atoms. The molecule has 0 aliphatic carbocycles. The van der Waals surface area contributed by atoms with Gasteiger partial charge in [-0.25, -0.2) is 4.39 Å². The summed E-state index contributed by atoms with van der Waals surface area (Å²) in [5.41, 5.74) is 11.9. The quantitative estimate of drug-likeness (QED) is 0.779. The Balaban J connectivity index is 2.10. The van der Waals surface area contributed by atoms with E-state index in [2.05, 4.69) is 5.32 Å². The molecule has 5 nitrogen and oxygen atoms in total. The van der Waals surface area contributed by atoms with Crippen molar-refractivity contribution in [3.63, 3.8) is 0 Å². The second-order valence-electron chi connectivity index (χ2n) is 4.47. The van der Waals surface area contributed by atoms with E-state index in [1.807, 2.05) is 0 Å². The summed E-state index contributed by atoms with van der Waals surface area (Å²) in [6, 6.07) is 10.5. The number of hydrogen-bond acceptors (Lipinski definition) is 3. The molecule has 0 spiro atoms. The molecule has 0 heterocycles. The van der Waals surface area contributed by atoms with Crippen LogP contribution in [0.4, 0.5) is 10.1 Å². The molecule has 2 aromatic carbocycles. The normalized spacial score (nSPS) is 10.1. The van der Waals surface area contributed by atoms with E-state index < -0.39 is 17.6 Å². The van der Waals surface area contributed by atoms with Gasteiger partial charge in [0.2, 0.25) is 11.8 Å². The number of nitrogens with two attached hydrogens (primary N) is 2. The summed E-state index contributed by atoms with van der Waals surface area (Å²) in [5.74, 6) is -1.60. The third-order valence-corrected chi connectivity index (χ3v) is 2.97. The maximum Gasteiger partial charge on any atom is 0.248 e. The molecule has 0 radical (unpaired) electrons. The van der Waals surface area contributed by atoms with Gasteiger partial charge in [-0.3, -0.25) is 9.59 Å². The Morgan fingerprint density at radius 2 is 1.52 bits per heavy atom. The number of anilines is 1. The Hall–Kier alpha value is -2.89. The lowest BCUT2D eigenvalue weighted by Crippen LogP contribution is -2.12. The van der Waals surface area contributed by atoms with Crippen LogP contribution < -0.4 is 16.8 Å². The van der Waals surface area contributed by atoms with Crippen LogP contribution in [0.2, 0.25) is 0 Å². The monoisotopic (exact) mass is 287 g/mol. The standard InChI is InChI=1S/C15H14FN3O2/c16-12-6-5-11(15(18)21)7-13(12)19-8-9-1-3-10(4-2-9)14(17)20/h1-7,19H,8H2,(H2,17,20)(H2,18,21). The highest BCUT2D eigenvalue weighted by Gasteiger charge is 2.07. The fraction of sp³-hybridized carbons (Fsp3) is 0.0667. The molecule has 0 atom stereocenters. The van der Waals surface area contributed by atoms with E-state index >= 15 is 0 Å². The van der Waals surface area contributed by atoms with Gasteiger partial charge < -0.3 is 16.8 Å². The molecule has 0 aliphatic rings. The summed E-state index contributed by atoms with van der Waals surface area (Å²) >= 11 is 0. The van der Waals surface area contributed by atoms with Crippen molar-refractivity contribution >= 4 is 17.5 Å². The van der Waals surface area contributed by atoms with Crippen molar-refractivity contribution in [1.29, 1.82) is 0 Å². The second kappa shape index (κ2) is 6.04. The summed E-state index contributed by atoms with van der Waals surface area (Å²) in [5, 5.41) is 2.87. The average molecular weight is 287 g/mol. The van der Waals surface area contributed by atoms with Crippen LogP contribution in [0.1, 0.15) is 26.3 Å². The lowest BCUT2D eigenvalue weighted by atomic mass is 10.1. The predicted octanol–water partition coefficient (Wildman–Crippen LogP) is 1.64. The van der Waals surface area contributed by atoms with E-state index in [1.165, 1.54) is 18.2 Å². The Morgan fingerprint density at radius 1 is 0.952 bits per heavy atom. The number of benzene rings is 2. The Labute approximate surface area is 120 Å². The number of rotatable bonds is 5. The van der Waals surface area contributed by atoms with Crippen molar-refractivity contribution in [1.82, 2.24) is 0 Å². The molecule has 2 amide bonds. The number of hydrogen-bond donors (Lipinski definition) is 3. The molecule has 0 saturated heterocycles. The highest BCUT2D eigenvalue weighted by Crippen LogP contribution is 2.17. The van der Waals surface area contributed by atoms with Gasteiger partial charge in [0.1, 0.15) is 5.82 Å². The van der Waals surface area contributed by atoms with E-state index in [4.69, 9.17) is 11.5 Å². The van der Waals surface area contributed by atoms with Gasteiger partial charge in [0.15, 0.2) is 0 Å². The predicted molar refractivity (Wildman–Crippen MR) is 77.2 cm³/mol. The molecule has 0 fully saturated rings. The first-order valence-electron chi connectivity index (χ1n) is 6.19. The van der Waals surface area contributed by atoms with Gasteiger partial charge in [0, 0.05) is 17.7 Å². The Bertz CT molecular complexity index is 684. The summed E-state index contributed by atoms with van der Waals surface area (Å²) in [6.07, 6.45) is 0. The van der Waals surface area contributed by atoms with Gasteiger partial charge in [0.05, 0.1) is 5.69 Å². The molecule has 0 saturated carbocycles. The lowest BCUT2D eigenvalue weighted by Gasteiger charge is -2.09. The summed E-state index contributed by atoms with van der Waals surface area (Å²) in [7, 11) is 0. The van der Waals surface area contributed by atoms with E-state index in [1.54, 1.807) is 24.3 Å². The van der Waals surface area contributed by atoms with Crippen LogP contribution in [0.3, 0.4) is 0 Å². The number of carbonyl (C=O) groups excluding carboxylic acids is 2. The van der Waals surface area contributed by atoms with Crippen LogP contribution in [-0.4, -0.2) is 11.8 Å². The third kappa shape index (κ3) is 3.56. The molecule has 5 N–H and O–H groups in total. The summed E-state index contributed by atoms with van der Waals surface area (Å²) in [4.78, 5) is 22.0. The molecular weight excluding hydrogens is 273 g/mol. The zero-order chi connectivity index (χ0) is 15.4. The van der Waals surface area contributed by atoms with Crippen molar-refractivity contribution in [2.45, 2.75) is 6.54 Å². The van der Waals surface area contributed by atoms with Gasteiger partial charge in [-0.05, 0) is 35.9 Å². The van der Waals surface area contributed by atoms with E-state index in [-0.39, 0.29) is 11.3 Å². The van der Waals surface area contributed by atoms with Crippen LogP contribution in [0.5, 0.6) is 0 Å². The zero-order valence-corrected chi connectivity index (χ0v) is 11.1. The van der Waals surface area contributed by atoms with Crippen LogP contribution in [0.15, 0.2) is 42.5 Å². The van der Waals surface area contributed by atoms with Crippen LogP contribution in [0, 0.1) is 5.82 Å². The molecule has 6 heteroatoms. The van der Waals surface area contributed by atoms with Gasteiger partial charge in [-0.15, -0.1) is 0 Å². The van der Waals surface area contributed by atoms with E-state index in [9.17, 15) is 14.0 Å². The molecule has 0 aromatic heterocycles. The molecular formula is C15H14FN3O2. The topological polar surface area (TPSA) is 98.2 Å². The maximum absolute atomic E-state index is 13.6. The SMILES string of the molecule is NC(=O)c1ccc(CNc2cc(C(N)=O)ccc2F)cc1. The fourth-order valence-corrected chi connectivity index (χ4v) is 1.80. The first kappa shape index (κ1) is 14.5. The largest absolute Gasteiger partial charge is 0.379 e. The van der Waals surface area contributed by atoms with Crippen molar-refractivity contribution in [3.8, 4) is 0 Å². The van der Waals surface area contributed by atoms with E-state index in [0.29, 0.717) is 12.1 Å². The maximum atomic E-state index is 13.6. The van der Waals surface area contributed by atoms with Crippen molar-refractivity contribution < 1.29 is 14.0 Å². The number of carbonyl (C=O) groups is 2. The number of nitrogens with one attached hydrogen (secondary N) is 1. The first-order valence-corrected chi connectivity index (χ1v) is 6.19. The molecule has 0 aliphatic heterocycles. The third-order valence-electron chi connectivity index (χ3n) is 2.97. The number of primary amides is 2. The number of halogens is 1. The Morgan fingerprint density at radius 3 is 2.10 bits per heavy atom. The molecule has 108 valence electrons. The Kier molecular flexibility index (Phi) is 4.18. The van der Waals surface area contributed by atoms with Crippen LogP contribution in [-0.2, 0) is 6.54 Å². The van der Waals surface area contributed by atoms with Crippen molar-refractivity contribution in [3.05, 3.63) is 65.0 Å². The van der Waals surface area contributed by atoms with Crippen LogP contribution >= 0.6 is 0 Å². The minimum atomic E-state index is -0.621. The molecule has 21 heavy (non-hydrogen) atoms. The second-order valence-corrected chi connectivity index (χ2v) is 4.47. The van der Waals surface area contributed by atoms with Gasteiger partial charge in [-0.2, -0.15) is 0 Å². The van der Waals surface area contributed by atoms with Gasteiger partial charge >= 0.3 is 0 Å². The van der Waals surface area contributed by atoms with Gasteiger partial charge in [-0.1, -0.05) is 12.1 Å². The minimum absolute atomic E-state index is 0.185. The molecule has 2 rings (SSSR count). The summed E-state index contributed by atoms with van der Waals surface area (Å²) < 4.78 is 13.6. The van der Waals surface area contributed by atoms with Gasteiger partial charge in [0.25, 0.3) is 0 Å². The van der Waals surface area contributed by atoms with Crippen molar-refractivity contribution in [2.24, 2.45) is 11.5 Å². The van der Waals surface area contributed by atoms with E-state index in [0.717, 1.165) is 5.56 Å².